The first-order valence-electron chi connectivity index (χ1n) is 9.33. The van der Waals surface area contributed by atoms with Gasteiger partial charge in [-0.25, -0.2) is 0 Å². The maximum atomic E-state index is 12.1. The van der Waals surface area contributed by atoms with Crippen molar-refractivity contribution in [2.45, 2.75) is 6.54 Å². The summed E-state index contributed by atoms with van der Waals surface area (Å²) in [6, 6.07) is 14.4. The summed E-state index contributed by atoms with van der Waals surface area (Å²) in [4.78, 5) is 28.9. The number of carbonyl (C=O) groups is 2. The fourth-order valence-corrected chi connectivity index (χ4v) is 3.25. The van der Waals surface area contributed by atoms with Crippen LogP contribution in [0.25, 0.3) is 0 Å². The second-order valence-electron chi connectivity index (χ2n) is 7.02. The van der Waals surface area contributed by atoms with E-state index in [2.05, 4.69) is 27.5 Å². The van der Waals surface area contributed by atoms with E-state index in [1.165, 1.54) is 5.56 Å². The van der Waals surface area contributed by atoms with E-state index in [1.54, 1.807) is 24.3 Å². The van der Waals surface area contributed by atoms with Crippen molar-refractivity contribution >= 4 is 29.1 Å². The number of amides is 2. The summed E-state index contributed by atoms with van der Waals surface area (Å²) in [5, 5.41) is 5.87. The molecule has 1 heterocycles. The Morgan fingerprint density at radius 3 is 2.43 bits per heavy atom. The molecule has 0 radical (unpaired) electrons. The molecule has 0 aliphatic carbocycles. The lowest BCUT2D eigenvalue weighted by atomic mass is 10.2. The Hall–Kier alpha value is -2.41. The number of carbonyl (C=O) groups excluding carboxylic acids is 2. The van der Waals surface area contributed by atoms with Gasteiger partial charge in [-0.15, -0.1) is 0 Å². The molecule has 7 heteroatoms. The monoisotopic (exact) mass is 400 g/mol. The standard InChI is InChI=1S/C21H25ClN4O2/c1-25-9-11-26(12-10-25)15-16-5-7-19(8-6-16)24-20(27)14-23-21(28)17-3-2-4-18(22)13-17/h2-8,13H,9-12,14-15H2,1H3,(H,23,28)(H,24,27). The average Bonchev–Trinajstić information content (AvgIpc) is 2.69. The molecule has 0 aromatic heterocycles. The first kappa shape index (κ1) is 20.3. The number of hydrogen-bond acceptors (Lipinski definition) is 4. The topological polar surface area (TPSA) is 64.7 Å². The molecule has 2 amide bonds. The zero-order chi connectivity index (χ0) is 19.9. The number of nitrogens with zero attached hydrogens (tertiary/aromatic N) is 2. The summed E-state index contributed by atoms with van der Waals surface area (Å²) in [5.41, 5.74) is 2.36. The van der Waals surface area contributed by atoms with Crippen molar-refractivity contribution in [3.63, 3.8) is 0 Å². The molecule has 2 aromatic rings. The molecule has 148 valence electrons. The van der Waals surface area contributed by atoms with Crippen LogP contribution in [0.2, 0.25) is 5.02 Å². The van der Waals surface area contributed by atoms with E-state index < -0.39 is 0 Å². The third kappa shape index (κ3) is 6.05. The van der Waals surface area contributed by atoms with Crippen LogP contribution in [0.1, 0.15) is 15.9 Å². The van der Waals surface area contributed by atoms with Crippen LogP contribution in [0.4, 0.5) is 5.69 Å². The number of piperazine rings is 1. The summed E-state index contributed by atoms with van der Waals surface area (Å²) in [7, 11) is 2.15. The lowest BCUT2D eigenvalue weighted by molar-refractivity contribution is -0.115. The van der Waals surface area contributed by atoms with Crippen LogP contribution in [-0.4, -0.2) is 61.4 Å². The molecule has 1 aliphatic heterocycles. The largest absolute Gasteiger partial charge is 0.343 e. The second-order valence-corrected chi connectivity index (χ2v) is 7.45. The van der Waals surface area contributed by atoms with Crippen molar-refractivity contribution in [3.8, 4) is 0 Å². The van der Waals surface area contributed by atoms with Gasteiger partial charge in [0, 0.05) is 49.0 Å². The van der Waals surface area contributed by atoms with Crippen LogP contribution in [-0.2, 0) is 11.3 Å². The average molecular weight is 401 g/mol. The van der Waals surface area contributed by atoms with Gasteiger partial charge in [0.2, 0.25) is 5.91 Å². The van der Waals surface area contributed by atoms with Crippen LogP contribution in [0.3, 0.4) is 0 Å². The zero-order valence-electron chi connectivity index (χ0n) is 16.0. The van der Waals surface area contributed by atoms with Gasteiger partial charge in [-0.3, -0.25) is 14.5 Å². The van der Waals surface area contributed by atoms with E-state index in [-0.39, 0.29) is 18.4 Å². The molecule has 0 spiro atoms. The van der Waals surface area contributed by atoms with Gasteiger partial charge in [-0.1, -0.05) is 29.8 Å². The minimum atomic E-state index is -0.333. The maximum absolute atomic E-state index is 12.1. The highest BCUT2D eigenvalue weighted by atomic mass is 35.5. The number of hydrogen-bond donors (Lipinski definition) is 2. The molecule has 0 atom stereocenters. The van der Waals surface area contributed by atoms with E-state index >= 15 is 0 Å². The molecule has 1 fully saturated rings. The Bertz CT molecular complexity index is 817. The third-order valence-electron chi connectivity index (χ3n) is 4.74. The molecule has 6 nitrogen and oxygen atoms in total. The number of anilines is 1. The van der Waals surface area contributed by atoms with E-state index in [9.17, 15) is 9.59 Å². The van der Waals surface area contributed by atoms with Crippen LogP contribution in [0, 0.1) is 0 Å². The third-order valence-corrected chi connectivity index (χ3v) is 4.97. The molecule has 3 rings (SSSR count). The van der Waals surface area contributed by atoms with Gasteiger partial charge in [0.15, 0.2) is 0 Å². The van der Waals surface area contributed by atoms with Crippen molar-refractivity contribution in [2.24, 2.45) is 0 Å². The maximum Gasteiger partial charge on any atom is 0.251 e. The number of rotatable bonds is 6. The number of benzene rings is 2. The summed E-state index contributed by atoms with van der Waals surface area (Å²) in [6.45, 7) is 5.14. The molecule has 0 unspecified atom stereocenters. The molecular formula is C21H25ClN4O2. The Labute approximate surface area is 170 Å². The Balaban J connectivity index is 1.44. The minimum Gasteiger partial charge on any atom is -0.343 e. The zero-order valence-corrected chi connectivity index (χ0v) is 16.7. The van der Waals surface area contributed by atoms with Gasteiger partial charge in [0.05, 0.1) is 6.54 Å². The fourth-order valence-electron chi connectivity index (χ4n) is 3.06. The van der Waals surface area contributed by atoms with Crippen molar-refractivity contribution in [2.75, 3.05) is 45.1 Å². The molecule has 1 saturated heterocycles. The molecule has 2 aromatic carbocycles. The molecule has 0 saturated carbocycles. The number of nitrogens with one attached hydrogen (secondary N) is 2. The van der Waals surface area contributed by atoms with E-state index in [0.717, 1.165) is 32.7 Å². The van der Waals surface area contributed by atoms with Gasteiger partial charge >= 0.3 is 0 Å². The normalized spacial score (nSPS) is 15.2. The molecule has 2 N–H and O–H groups in total. The number of halogens is 1. The summed E-state index contributed by atoms with van der Waals surface area (Å²) >= 11 is 5.88. The predicted octanol–water partition coefficient (Wildman–Crippen LogP) is 2.46. The first-order valence-corrected chi connectivity index (χ1v) is 9.71. The molecule has 0 bridgehead atoms. The van der Waals surface area contributed by atoms with Crippen LogP contribution in [0.15, 0.2) is 48.5 Å². The van der Waals surface area contributed by atoms with Crippen LogP contribution < -0.4 is 10.6 Å². The SMILES string of the molecule is CN1CCN(Cc2ccc(NC(=O)CNC(=O)c3cccc(Cl)c3)cc2)CC1. The smallest absolute Gasteiger partial charge is 0.251 e. The Kier molecular flexibility index (Phi) is 7.03. The second kappa shape index (κ2) is 9.68. The summed E-state index contributed by atoms with van der Waals surface area (Å²) < 4.78 is 0. The lowest BCUT2D eigenvalue weighted by Crippen LogP contribution is -2.43. The van der Waals surface area contributed by atoms with Gasteiger partial charge < -0.3 is 15.5 Å². The molecule has 1 aliphatic rings. The first-order chi connectivity index (χ1) is 13.5. The van der Waals surface area contributed by atoms with Crippen molar-refractivity contribution in [3.05, 3.63) is 64.7 Å². The lowest BCUT2D eigenvalue weighted by Gasteiger charge is -2.32. The van der Waals surface area contributed by atoms with Gasteiger partial charge in [-0.05, 0) is 42.9 Å². The summed E-state index contributed by atoms with van der Waals surface area (Å²) in [6.07, 6.45) is 0. The fraction of sp³-hybridized carbons (Fsp3) is 0.333. The molecular weight excluding hydrogens is 376 g/mol. The predicted molar refractivity (Wildman–Crippen MR) is 112 cm³/mol. The van der Waals surface area contributed by atoms with Gasteiger partial charge in [-0.2, -0.15) is 0 Å². The van der Waals surface area contributed by atoms with E-state index in [4.69, 9.17) is 11.6 Å². The Morgan fingerprint density at radius 2 is 1.75 bits per heavy atom. The van der Waals surface area contributed by atoms with Crippen LogP contribution >= 0.6 is 11.6 Å². The quantitative estimate of drug-likeness (QED) is 0.781. The van der Waals surface area contributed by atoms with Gasteiger partial charge in [0.1, 0.15) is 0 Å². The highest BCUT2D eigenvalue weighted by molar-refractivity contribution is 6.31. The minimum absolute atomic E-state index is 0.103. The Morgan fingerprint density at radius 1 is 1.04 bits per heavy atom. The molecule has 28 heavy (non-hydrogen) atoms. The van der Waals surface area contributed by atoms with E-state index in [1.807, 2.05) is 24.3 Å². The van der Waals surface area contributed by atoms with Crippen molar-refractivity contribution in [1.29, 1.82) is 0 Å². The summed E-state index contributed by atoms with van der Waals surface area (Å²) in [5.74, 6) is -0.609. The van der Waals surface area contributed by atoms with E-state index in [0.29, 0.717) is 16.3 Å². The van der Waals surface area contributed by atoms with Crippen LogP contribution in [0.5, 0.6) is 0 Å². The highest BCUT2D eigenvalue weighted by Crippen LogP contribution is 2.13. The van der Waals surface area contributed by atoms with Gasteiger partial charge in [0.25, 0.3) is 5.91 Å². The highest BCUT2D eigenvalue weighted by Gasteiger charge is 2.14. The van der Waals surface area contributed by atoms with Crippen molar-refractivity contribution in [1.82, 2.24) is 15.1 Å². The van der Waals surface area contributed by atoms with Crippen molar-refractivity contribution < 1.29 is 9.59 Å². The number of likely N-dealkylation sites (N-methyl/N-ethyl adjacent to an activating group) is 1.